The number of nitriles is 1. The maximum absolute atomic E-state index is 11.0. The average molecular weight is 475 g/mol. The van der Waals surface area contributed by atoms with Crippen LogP contribution in [0.15, 0.2) is 49.1 Å². The van der Waals surface area contributed by atoms with E-state index in [1.165, 1.54) is 12.1 Å². The second-order valence-electron chi connectivity index (χ2n) is 5.41. The van der Waals surface area contributed by atoms with Gasteiger partial charge in [-0.3, -0.25) is 0 Å². The number of hydrogen-bond acceptors (Lipinski definition) is 4. The average Bonchev–Trinajstić information content (AvgIpc) is 2.66. The van der Waals surface area contributed by atoms with Crippen molar-refractivity contribution in [2.75, 3.05) is 13.2 Å². The predicted molar refractivity (Wildman–Crippen MR) is 113 cm³/mol. The molecule has 27 heavy (non-hydrogen) atoms. The third kappa shape index (κ3) is 5.34. The van der Waals surface area contributed by atoms with Crippen LogP contribution >= 0.6 is 22.6 Å². The minimum Gasteiger partial charge on any atom is -0.490 e. The van der Waals surface area contributed by atoms with Gasteiger partial charge in [-0.05, 0) is 71.0 Å². The number of rotatable bonds is 8. The number of nitrogens with zero attached hydrogens (tertiary/aromatic N) is 1. The largest absolute Gasteiger partial charge is 0.490 e. The second-order valence-corrected chi connectivity index (χ2v) is 6.58. The lowest BCUT2D eigenvalue weighted by atomic mass is 10.0. The number of carbonyl (C=O) groups is 1. The Hall–Kier alpha value is -2.79. The van der Waals surface area contributed by atoms with Crippen molar-refractivity contribution in [1.82, 2.24) is 0 Å². The van der Waals surface area contributed by atoms with Crippen molar-refractivity contribution >= 4 is 40.2 Å². The number of carboxylic acid groups (broad SMARTS) is 1. The minimum atomic E-state index is -1.00. The maximum Gasteiger partial charge on any atom is 0.335 e. The highest BCUT2D eigenvalue weighted by Crippen LogP contribution is 2.35. The number of ether oxygens (including phenoxy) is 2. The van der Waals surface area contributed by atoms with Gasteiger partial charge in [-0.1, -0.05) is 24.8 Å². The first-order valence-corrected chi connectivity index (χ1v) is 9.23. The predicted octanol–water partition coefficient (Wildman–Crippen LogP) is 5.02. The quantitative estimate of drug-likeness (QED) is 0.251. The van der Waals surface area contributed by atoms with Gasteiger partial charge in [0.2, 0.25) is 0 Å². The lowest BCUT2D eigenvalue weighted by molar-refractivity contribution is 0.0697. The topological polar surface area (TPSA) is 79.5 Å². The molecule has 0 saturated carbocycles. The summed E-state index contributed by atoms with van der Waals surface area (Å²) in [6.07, 6.45) is 3.39. The summed E-state index contributed by atoms with van der Waals surface area (Å²) in [5.74, 6) is 0.227. The summed E-state index contributed by atoms with van der Waals surface area (Å²) in [7, 11) is 0. The van der Waals surface area contributed by atoms with E-state index in [9.17, 15) is 10.1 Å². The van der Waals surface area contributed by atoms with Crippen LogP contribution in [0.5, 0.6) is 11.5 Å². The van der Waals surface area contributed by atoms with Crippen LogP contribution < -0.4 is 9.47 Å². The minimum absolute atomic E-state index is 0.174. The fraction of sp³-hybridized carbons (Fsp3) is 0.143. The van der Waals surface area contributed by atoms with Crippen LogP contribution in [0.3, 0.4) is 0 Å². The molecular weight excluding hydrogens is 457 g/mol. The van der Waals surface area contributed by atoms with Gasteiger partial charge in [0.15, 0.2) is 11.5 Å². The van der Waals surface area contributed by atoms with E-state index < -0.39 is 5.97 Å². The summed E-state index contributed by atoms with van der Waals surface area (Å²) in [6, 6.07) is 12.1. The monoisotopic (exact) mass is 475 g/mol. The number of hydrogen-bond donors (Lipinski definition) is 1. The molecule has 0 fully saturated rings. The van der Waals surface area contributed by atoms with Gasteiger partial charge >= 0.3 is 5.97 Å². The highest BCUT2D eigenvalue weighted by atomic mass is 127. The molecule has 0 bridgehead atoms. The molecule has 0 radical (unpaired) electrons. The molecule has 2 rings (SSSR count). The van der Waals surface area contributed by atoms with Crippen molar-refractivity contribution < 1.29 is 19.4 Å². The molecule has 0 heterocycles. The SMILES string of the molecule is C=CCOc1c(I)cc(/C=C(/C#N)c2ccc(C(=O)O)cc2)cc1OCC. The maximum atomic E-state index is 11.0. The first kappa shape index (κ1) is 20.5. The van der Waals surface area contributed by atoms with Gasteiger partial charge in [0.1, 0.15) is 6.61 Å². The fourth-order valence-corrected chi connectivity index (χ4v) is 3.14. The number of halogens is 1. The highest BCUT2D eigenvalue weighted by molar-refractivity contribution is 14.1. The molecule has 0 aliphatic carbocycles. The van der Waals surface area contributed by atoms with E-state index in [4.69, 9.17) is 14.6 Å². The Balaban J connectivity index is 2.44. The first-order valence-electron chi connectivity index (χ1n) is 8.15. The van der Waals surface area contributed by atoms with Crippen LogP contribution in [0.2, 0.25) is 0 Å². The van der Waals surface area contributed by atoms with Crippen LogP contribution in [0, 0.1) is 14.9 Å². The molecular formula is C21H18INO4. The molecule has 138 valence electrons. The van der Waals surface area contributed by atoms with Crippen molar-refractivity contribution in [1.29, 1.82) is 5.26 Å². The highest BCUT2D eigenvalue weighted by Gasteiger charge is 2.12. The Bertz CT molecular complexity index is 911. The summed E-state index contributed by atoms with van der Waals surface area (Å²) in [6.45, 7) is 6.38. The van der Waals surface area contributed by atoms with E-state index >= 15 is 0 Å². The van der Waals surface area contributed by atoms with E-state index in [0.29, 0.717) is 35.8 Å². The van der Waals surface area contributed by atoms with Gasteiger partial charge in [0.25, 0.3) is 0 Å². The molecule has 0 spiro atoms. The molecule has 0 aliphatic heterocycles. The zero-order valence-electron chi connectivity index (χ0n) is 14.7. The summed E-state index contributed by atoms with van der Waals surface area (Å²) in [5.41, 5.74) is 2.02. The molecule has 1 N–H and O–H groups in total. The third-order valence-electron chi connectivity index (χ3n) is 3.55. The van der Waals surface area contributed by atoms with E-state index in [1.807, 2.05) is 19.1 Å². The van der Waals surface area contributed by atoms with Crippen LogP contribution in [-0.4, -0.2) is 24.3 Å². The Morgan fingerprint density at radius 1 is 1.26 bits per heavy atom. The van der Waals surface area contributed by atoms with Gasteiger partial charge < -0.3 is 14.6 Å². The zero-order valence-corrected chi connectivity index (χ0v) is 16.9. The van der Waals surface area contributed by atoms with E-state index in [0.717, 1.165) is 9.13 Å². The van der Waals surface area contributed by atoms with Crippen LogP contribution in [-0.2, 0) is 0 Å². The molecule has 5 nitrogen and oxygen atoms in total. The lowest BCUT2D eigenvalue weighted by Crippen LogP contribution is -2.01. The number of benzene rings is 2. The third-order valence-corrected chi connectivity index (χ3v) is 4.35. The van der Waals surface area contributed by atoms with Gasteiger partial charge in [-0.25, -0.2) is 4.79 Å². The lowest BCUT2D eigenvalue weighted by Gasteiger charge is -2.14. The molecule has 0 aliphatic rings. The number of carboxylic acids is 1. The Morgan fingerprint density at radius 3 is 2.48 bits per heavy atom. The van der Waals surface area contributed by atoms with E-state index in [2.05, 4.69) is 35.2 Å². The van der Waals surface area contributed by atoms with Gasteiger partial charge in [-0.2, -0.15) is 5.26 Å². The molecule has 6 heteroatoms. The van der Waals surface area contributed by atoms with Crippen LogP contribution in [0.25, 0.3) is 11.6 Å². The smallest absolute Gasteiger partial charge is 0.335 e. The fourth-order valence-electron chi connectivity index (χ4n) is 2.36. The molecule has 0 saturated heterocycles. The van der Waals surface area contributed by atoms with Crippen LogP contribution in [0.4, 0.5) is 0 Å². The molecule has 2 aromatic rings. The Kier molecular flexibility index (Phi) is 7.44. The zero-order chi connectivity index (χ0) is 19.8. The number of aromatic carboxylic acids is 1. The van der Waals surface area contributed by atoms with Crippen molar-refractivity contribution in [2.45, 2.75) is 6.92 Å². The molecule has 0 aromatic heterocycles. The van der Waals surface area contributed by atoms with Gasteiger partial charge in [-0.15, -0.1) is 0 Å². The second kappa shape index (κ2) is 9.78. The van der Waals surface area contributed by atoms with Crippen molar-refractivity contribution in [3.63, 3.8) is 0 Å². The first-order chi connectivity index (χ1) is 13.0. The van der Waals surface area contributed by atoms with Crippen molar-refractivity contribution in [2.24, 2.45) is 0 Å². The van der Waals surface area contributed by atoms with Crippen LogP contribution in [0.1, 0.15) is 28.4 Å². The van der Waals surface area contributed by atoms with Gasteiger partial charge in [0, 0.05) is 0 Å². The summed E-state index contributed by atoms with van der Waals surface area (Å²) < 4.78 is 12.2. The Morgan fingerprint density at radius 2 is 1.93 bits per heavy atom. The summed E-state index contributed by atoms with van der Waals surface area (Å²) >= 11 is 2.16. The normalized spacial score (nSPS) is 10.8. The van der Waals surface area contributed by atoms with Crippen molar-refractivity contribution in [3.05, 3.63) is 69.3 Å². The molecule has 0 unspecified atom stereocenters. The van der Waals surface area contributed by atoms with E-state index in [1.54, 1.807) is 24.3 Å². The van der Waals surface area contributed by atoms with Gasteiger partial charge in [0.05, 0.1) is 27.4 Å². The standard InChI is InChI=1S/C21H18INO4/c1-3-9-27-20-18(22)11-14(12-19(20)26-4-2)10-17(13-23)15-5-7-16(8-6-15)21(24)25/h3,5-8,10-12H,1,4,9H2,2H3,(H,24,25)/b17-10-. The van der Waals surface area contributed by atoms with Crippen molar-refractivity contribution in [3.8, 4) is 17.6 Å². The number of allylic oxidation sites excluding steroid dienone is 1. The summed E-state index contributed by atoms with van der Waals surface area (Å²) in [4.78, 5) is 11.0. The molecule has 0 amide bonds. The van der Waals surface area contributed by atoms with E-state index in [-0.39, 0.29) is 5.56 Å². The molecule has 0 atom stereocenters. The Labute approximate surface area is 171 Å². The summed E-state index contributed by atoms with van der Waals surface area (Å²) in [5, 5.41) is 18.5. The molecule has 2 aromatic carbocycles.